The van der Waals surface area contributed by atoms with Gasteiger partial charge in [-0.2, -0.15) is 4.39 Å². The molecule has 0 aliphatic carbocycles. The van der Waals surface area contributed by atoms with Crippen molar-refractivity contribution in [2.45, 2.75) is 12.5 Å². The van der Waals surface area contributed by atoms with Gasteiger partial charge in [-0.05, 0) is 36.7 Å². The van der Waals surface area contributed by atoms with Gasteiger partial charge >= 0.3 is 5.97 Å². The standard InChI is InChI=1S/C12H14FN3O2.2ClH/c13-10(12(17)18)5-8-1-2-11(15-6-8)16-9-3-4-14-7-9;;/h1-2,5-6,9,14H,3-4,7H2,(H,15,16)(H,17,18);2*1H/b10-5-;;/t9-;;/m1../s1. The fraction of sp³-hybridized carbons (Fsp3) is 0.333. The van der Waals surface area contributed by atoms with Gasteiger partial charge in [0.2, 0.25) is 5.83 Å². The van der Waals surface area contributed by atoms with Crippen LogP contribution >= 0.6 is 24.8 Å². The highest BCUT2D eigenvalue weighted by atomic mass is 35.5. The summed E-state index contributed by atoms with van der Waals surface area (Å²) in [6, 6.07) is 3.69. The number of aromatic nitrogens is 1. The maximum Gasteiger partial charge on any atom is 0.364 e. The highest BCUT2D eigenvalue weighted by Gasteiger charge is 2.14. The molecular formula is C12H16Cl2FN3O2. The van der Waals surface area contributed by atoms with Crippen LogP contribution in [0.25, 0.3) is 6.08 Å². The van der Waals surface area contributed by atoms with Crippen molar-refractivity contribution in [1.29, 1.82) is 0 Å². The number of nitrogens with one attached hydrogen (secondary N) is 2. The van der Waals surface area contributed by atoms with Gasteiger partial charge in [0.25, 0.3) is 0 Å². The van der Waals surface area contributed by atoms with Crippen LogP contribution in [-0.2, 0) is 4.79 Å². The first-order chi connectivity index (χ1) is 8.65. The average Bonchev–Trinajstić information content (AvgIpc) is 2.84. The molecule has 1 aliphatic rings. The topological polar surface area (TPSA) is 74.2 Å². The van der Waals surface area contributed by atoms with Gasteiger partial charge in [-0.1, -0.05) is 0 Å². The molecule has 0 saturated carbocycles. The van der Waals surface area contributed by atoms with Crippen molar-refractivity contribution in [3.05, 3.63) is 29.7 Å². The molecule has 1 aromatic rings. The summed E-state index contributed by atoms with van der Waals surface area (Å²) in [6.45, 7) is 1.89. The summed E-state index contributed by atoms with van der Waals surface area (Å²) >= 11 is 0. The van der Waals surface area contributed by atoms with Gasteiger partial charge in [-0.25, -0.2) is 9.78 Å². The van der Waals surface area contributed by atoms with E-state index in [-0.39, 0.29) is 24.8 Å². The first-order valence-corrected chi connectivity index (χ1v) is 5.69. The van der Waals surface area contributed by atoms with E-state index in [0.29, 0.717) is 17.4 Å². The second kappa shape index (κ2) is 8.73. The minimum absolute atomic E-state index is 0. The van der Waals surface area contributed by atoms with E-state index in [2.05, 4.69) is 15.6 Å². The molecule has 0 spiro atoms. The van der Waals surface area contributed by atoms with E-state index in [1.165, 1.54) is 6.20 Å². The molecule has 20 heavy (non-hydrogen) atoms. The van der Waals surface area contributed by atoms with Crippen LogP contribution in [0.4, 0.5) is 10.2 Å². The van der Waals surface area contributed by atoms with Gasteiger partial charge in [0.05, 0.1) is 0 Å². The SMILES string of the molecule is Cl.Cl.O=C(O)/C(F)=C/c1ccc(N[C@@H]2CCNC2)nc1. The quantitative estimate of drug-likeness (QED) is 0.740. The van der Waals surface area contributed by atoms with Crippen LogP contribution in [0.5, 0.6) is 0 Å². The second-order valence-corrected chi connectivity index (χ2v) is 4.11. The van der Waals surface area contributed by atoms with E-state index in [4.69, 9.17) is 5.11 Å². The Morgan fingerprint density at radius 2 is 2.25 bits per heavy atom. The van der Waals surface area contributed by atoms with Gasteiger partial charge in [0.1, 0.15) is 5.82 Å². The largest absolute Gasteiger partial charge is 0.476 e. The zero-order valence-corrected chi connectivity index (χ0v) is 12.1. The number of pyridine rings is 1. The Balaban J connectivity index is 0.00000180. The molecular weight excluding hydrogens is 308 g/mol. The molecule has 2 rings (SSSR count). The second-order valence-electron chi connectivity index (χ2n) is 4.11. The van der Waals surface area contributed by atoms with Crippen molar-refractivity contribution in [2.24, 2.45) is 0 Å². The summed E-state index contributed by atoms with van der Waals surface area (Å²) in [5, 5.41) is 14.9. The highest BCUT2D eigenvalue weighted by Crippen LogP contribution is 2.12. The van der Waals surface area contributed by atoms with Crippen LogP contribution in [-0.4, -0.2) is 35.2 Å². The average molecular weight is 324 g/mol. The maximum absolute atomic E-state index is 12.8. The van der Waals surface area contributed by atoms with Gasteiger partial charge < -0.3 is 15.7 Å². The minimum Gasteiger partial charge on any atom is -0.476 e. The number of halogens is 3. The van der Waals surface area contributed by atoms with Crippen molar-refractivity contribution in [1.82, 2.24) is 10.3 Å². The van der Waals surface area contributed by atoms with Crippen LogP contribution in [0.2, 0.25) is 0 Å². The summed E-state index contributed by atoms with van der Waals surface area (Å²) in [5.74, 6) is -2.07. The minimum atomic E-state index is -1.57. The van der Waals surface area contributed by atoms with Crippen LogP contribution in [0.1, 0.15) is 12.0 Å². The van der Waals surface area contributed by atoms with E-state index < -0.39 is 11.8 Å². The number of carboxylic acids is 1. The lowest BCUT2D eigenvalue weighted by atomic mass is 10.2. The van der Waals surface area contributed by atoms with Crippen molar-refractivity contribution in [3.8, 4) is 0 Å². The zero-order chi connectivity index (χ0) is 13.0. The van der Waals surface area contributed by atoms with Gasteiger partial charge in [0, 0.05) is 18.8 Å². The number of hydrogen-bond acceptors (Lipinski definition) is 4. The Morgan fingerprint density at radius 3 is 2.75 bits per heavy atom. The maximum atomic E-state index is 12.8. The molecule has 8 heteroatoms. The molecule has 2 heterocycles. The van der Waals surface area contributed by atoms with E-state index in [1.807, 2.05) is 0 Å². The lowest BCUT2D eigenvalue weighted by Gasteiger charge is -2.11. The van der Waals surface area contributed by atoms with Crippen molar-refractivity contribution in [3.63, 3.8) is 0 Å². The first-order valence-electron chi connectivity index (χ1n) is 5.69. The first kappa shape index (κ1) is 18.6. The molecule has 1 fully saturated rings. The summed E-state index contributed by atoms with van der Waals surface area (Å²) in [6.07, 6.45) is 3.42. The smallest absolute Gasteiger partial charge is 0.364 e. The number of anilines is 1. The predicted molar refractivity (Wildman–Crippen MR) is 80.4 cm³/mol. The van der Waals surface area contributed by atoms with Crippen LogP contribution in [0.15, 0.2) is 24.2 Å². The Labute approximate surface area is 128 Å². The fourth-order valence-corrected chi connectivity index (χ4v) is 1.77. The van der Waals surface area contributed by atoms with Crippen LogP contribution < -0.4 is 10.6 Å². The van der Waals surface area contributed by atoms with Gasteiger partial charge in [-0.15, -0.1) is 24.8 Å². The summed E-state index contributed by atoms with van der Waals surface area (Å²) in [4.78, 5) is 14.4. The Hall–Kier alpha value is -1.37. The Morgan fingerprint density at radius 1 is 1.50 bits per heavy atom. The molecule has 1 saturated heterocycles. The molecule has 3 N–H and O–H groups in total. The number of aliphatic carboxylic acids is 1. The molecule has 0 unspecified atom stereocenters. The molecule has 1 aromatic heterocycles. The molecule has 1 aliphatic heterocycles. The monoisotopic (exact) mass is 323 g/mol. The highest BCUT2D eigenvalue weighted by molar-refractivity contribution is 5.89. The van der Waals surface area contributed by atoms with Gasteiger partial charge in [0.15, 0.2) is 0 Å². The third kappa shape index (κ3) is 5.32. The molecule has 0 radical (unpaired) electrons. The molecule has 0 amide bonds. The van der Waals surface area contributed by atoms with Crippen molar-refractivity contribution < 1.29 is 14.3 Å². The fourth-order valence-electron chi connectivity index (χ4n) is 1.77. The molecule has 1 atom stereocenters. The summed E-state index contributed by atoms with van der Waals surface area (Å²) in [7, 11) is 0. The third-order valence-corrected chi connectivity index (χ3v) is 2.70. The number of nitrogens with zero attached hydrogens (tertiary/aromatic N) is 1. The van der Waals surface area contributed by atoms with Crippen molar-refractivity contribution >= 4 is 42.7 Å². The van der Waals surface area contributed by atoms with Crippen LogP contribution in [0, 0.1) is 0 Å². The number of carboxylic acid groups (broad SMARTS) is 1. The third-order valence-electron chi connectivity index (χ3n) is 2.70. The van der Waals surface area contributed by atoms with E-state index in [0.717, 1.165) is 25.6 Å². The molecule has 0 aromatic carbocycles. The number of rotatable bonds is 4. The summed E-state index contributed by atoms with van der Waals surface area (Å²) < 4.78 is 12.8. The van der Waals surface area contributed by atoms with E-state index in [9.17, 15) is 9.18 Å². The molecule has 112 valence electrons. The predicted octanol–water partition coefficient (Wildman–Crippen LogP) is 2.09. The number of hydrogen-bond donors (Lipinski definition) is 3. The van der Waals surface area contributed by atoms with Gasteiger partial charge in [-0.3, -0.25) is 0 Å². The zero-order valence-electron chi connectivity index (χ0n) is 10.5. The summed E-state index contributed by atoms with van der Waals surface area (Å²) in [5.41, 5.74) is 0.421. The molecule has 0 bridgehead atoms. The lowest BCUT2D eigenvalue weighted by Crippen LogP contribution is -2.22. The lowest BCUT2D eigenvalue weighted by molar-refractivity contribution is -0.134. The van der Waals surface area contributed by atoms with Crippen molar-refractivity contribution in [2.75, 3.05) is 18.4 Å². The van der Waals surface area contributed by atoms with E-state index >= 15 is 0 Å². The molecule has 5 nitrogen and oxygen atoms in total. The normalized spacial score (nSPS) is 17.9. The Bertz CT molecular complexity index is 462. The number of carbonyl (C=O) groups is 1. The Kier molecular flexibility index (Phi) is 8.13. The van der Waals surface area contributed by atoms with E-state index in [1.54, 1.807) is 12.1 Å². The van der Waals surface area contributed by atoms with Crippen LogP contribution in [0.3, 0.4) is 0 Å².